The second kappa shape index (κ2) is 6.47. The first kappa shape index (κ1) is 14.4. The Kier molecular flexibility index (Phi) is 4.45. The number of hydrogen-bond acceptors (Lipinski definition) is 5. The van der Waals surface area contributed by atoms with Gasteiger partial charge in [-0.2, -0.15) is 0 Å². The largest absolute Gasteiger partial charge is 0.488 e. The molecule has 0 aromatic heterocycles. The molecule has 0 saturated heterocycles. The quantitative estimate of drug-likeness (QED) is 0.397. The van der Waals surface area contributed by atoms with E-state index in [1.807, 2.05) is 0 Å². The summed E-state index contributed by atoms with van der Waals surface area (Å²) in [5.41, 5.74) is 0.870. The first-order chi connectivity index (χ1) is 10.1. The van der Waals surface area contributed by atoms with E-state index in [1.165, 1.54) is 30.3 Å². The highest BCUT2D eigenvalue weighted by atomic mass is 19.1. The van der Waals surface area contributed by atoms with Crippen molar-refractivity contribution in [3.8, 4) is 5.75 Å². The second-order valence-electron chi connectivity index (χ2n) is 4.14. The molecule has 0 bridgehead atoms. The molecule has 0 unspecified atom stereocenters. The molecular formula is C14H11FN2O4. The molecular weight excluding hydrogens is 279 g/mol. The summed E-state index contributed by atoms with van der Waals surface area (Å²) >= 11 is 0. The molecule has 21 heavy (non-hydrogen) atoms. The first-order valence-electron chi connectivity index (χ1n) is 5.93. The molecule has 0 heterocycles. The minimum Gasteiger partial charge on any atom is -0.488 e. The van der Waals surface area contributed by atoms with Gasteiger partial charge in [0, 0.05) is 17.7 Å². The van der Waals surface area contributed by atoms with Crippen LogP contribution in [0.4, 0.5) is 10.1 Å². The number of ether oxygens (including phenoxy) is 1. The molecule has 0 spiro atoms. The number of non-ortho nitro benzene ring substituents is 1. The first-order valence-corrected chi connectivity index (χ1v) is 5.93. The Morgan fingerprint density at radius 1 is 1.29 bits per heavy atom. The molecule has 2 rings (SSSR count). The minimum atomic E-state index is -0.557. The fraction of sp³-hybridized carbons (Fsp3) is 0.0714. The highest BCUT2D eigenvalue weighted by Gasteiger charge is 2.11. The third kappa shape index (κ3) is 3.75. The Morgan fingerprint density at radius 3 is 2.62 bits per heavy atom. The van der Waals surface area contributed by atoms with E-state index in [0.29, 0.717) is 5.75 Å². The van der Waals surface area contributed by atoms with Gasteiger partial charge in [0.05, 0.1) is 11.1 Å². The molecule has 6 nitrogen and oxygen atoms in total. The topological polar surface area (TPSA) is 85.0 Å². The maximum atomic E-state index is 12.8. The zero-order valence-electron chi connectivity index (χ0n) is 10.8. The predicted octanol–water partition coefficient (Wildman–Crippen LogP) is 3.12. The Bertz CT molecular complexity index is 671. The fourth-order valence-corrected chi connectivity index (χ4v) is 1.69. The second-order valence-corrected chi connectivity index (χ2v) is 4.14. The number of rotatable bonds is 5. The SMILES string of the molecule is O=[N+]([O-])c1ccc(OCc2ccc(F)cc2)c(/C=N/O)c1. The molecule has 0 aliphatic carbocycles. The smallest absolute Gasteiger partial charge is 0.270 e. The van der Waals surface area contributed by atoms with Crippen LogP contribution in [0.15, 0.2) is 47.6 Å². The molecule has 0 aliphatic rings. The van der Waals surface area contributed by atoms with Crippen LogP contribution in [0.3, 0.4) is 0 Å². The molecule has 0 aliphatic heterocycles. The van der Waals surface area contributed by atoms with Crippen molar-refractivity contribution in [2.24, 2.45) is 5.16 Å². The van der Waals surface area contributed by atoms with Gasteiger partial charge in [-0.1, -0.05) is 17.3 Å². The van der Waals surface area contributed by atoms with Crippen molar-refractivity contribution in [3.05, 3.63) is 69.5 Å². The number of nitrogens with zero attached hydrogens (tertiary/aromatic N) is 2. The van der Waals surface area contributed by atoms with Gasteiger partial charge < -0.3 is 9.94 Å². The van der Waals surface area contributed by atoms with E-state index in [-0.39, 0.29) is 23.7 Å². The number of benzene rings is 2. The number of hydrogen-bond donors (Lipinski definition) is 1. The van der Waals surface area contributed by atoms with Gasteiger partial charge in [0.25, 0.3) is 5.69 Å². The van der Waals surface area contributed by atoms with Gasteiger partial charge in [0.15, 0.2) is 0 Å². The van der Waals surface area contributed by atoms with Crippen molar-refractivity contribution >= 4 is 11.9 Å². The van der Waals surface area contributed by atoms with Gasteiger partial charge in [-0.05, 0) is 23.8 Å². The number of halogens is 1. The van der Waals surface area contributed by atoms with E-state index in [2.05, 4.69) is 5.16 Å². The lowest BCUT2D eigenvalue weighted by molar-refractivity contribution is -0.384. The highest BCUT2D eigenvalue weighted by Crippen LogP contribution is 2.23. The lowest BCUT2D eigenvalue weighted by atomic mass is 10.2. The summed E-state index contributed by atoms with van der Waals surface area (Å²) in [4.78, 5) is 10.1. The summed E-state index contributed by atoms with van der Waals surface area (Å²) in [7, 11) is 0. The van der Waals surface area contributed by atoms with Gasteiger partial charge in [-0.3, -0.25) is 10.1 Å². The molecule has 1 N–H and O–H groups in total. The molecule has 0 fully saturated rings. The van der Waals surface area contributed by atoms with Gasteiger partial charge in [0.2, 0.25) is 0 Å². The van der Waals surface area contributed by atoms with Crippen molar-refractivity contribution in [3.63, 3.8) is 0 Å². The van der Waals surface area contributed by atoms with Crippen molar-refractivity contribution in [2.75, 3.05) is 0 Å². The average molecular weight is 290 g/mol. The molecule has 2 aromatic rings. The summed E-state index contributed by atoms with van der Waals surface area (Å²) in [6.07, 6.45) is 1.05. The normalized spacial score (nSPS) is 10.7. The van der Waals surface area contributed by atoms with Crippen LogP contribution in [0.1, 0.15) is 11.1 Å². The van der Waals surface area contributed by atoms with Crippen LogP contribution in [0.5, 0.6) is 5.75 Å². The van der Waals surface area contributed by atoms with Crippen LogP contribution < -0.4 is 4.74 Å². The van der Waals surface area contributed by atoms with Crippen LogP contribution in [-0.2, 0) is 6.61 Å². The van der Waals surface area contributed by atoms with Gasteiger partial charge in [-0.25, -0.2) is 4.39 Å². The third-order valence-corrected chi connectivity index (χ3v) is 2.71. The lowest BCUT2D eigenvalue weighted by Crippen LogP contribution is -1.99. The van der Waals surface area contributed by atoms with Crippen molar-refractivity contribution in [1.82, 2.24) is 0 Å². The van der Waals surface area contributed by atoms with Crippen molar-refractivity contribution in [1.29, 1.82) is 0 Å². The third-order valence-electron chi connectivity index (χ3n) is 2.71. The van der Waals surface area contributed by atoms with E-state index in [0.717, 1.165) is 11.8 Å². The van der Waals surface area contributed by atoms with E-state index < -0.39 is 4.92 Å². The molecule has 0 saturated carbocycles. The van der Waals surface area contributed by atoms with Gasteiger partial charge in [0.1, 0.15) is 18.2 Å². The molecule has 0 radical (unpaired) electrons. The zero-order valence-corrected chi connectivity index (χ0v) is 10.8. The van der Waals surface area contributed by atoms with Gasteiger partial charge in [-0.15, -0.1) is 0 Å². The summed E-state index contributed by atoms with van der Waals surface area (Å²) in [6.45, 7) is 0.157. The van der Waals surface area contributed by atoms with Crippen LogP contribution in [0.25, 0.3) is 0 Å². The van der Waals surface area contributed by atoms with E-state index in [9.17, 15) is 14.5 Å². The highest BCUT2D eigenvalue weighted by molar-refractivity contribution is 5.84. The van der Waals surface area contributed by atoms with E-state index in [1.54, 1.807) is 12.1 Å². The summed E-state index contributed by atoms with van der Waals surface area (Å²) in [5, 5.41) is 22.2. The Balaban J connectivity index is 2.18. The molecule has 7 heteroatoms. The van der Waals surface area contributed by atoms with Crippen LogP contribution in [0.2, 0.25) is 0 Å². The minimum absolute atomic E-state index is 0.140. The molecule has 108 valence electrons. The molecule has 0 amide bonds. The maximum absolute atomic E-state index is 12.8. The van der Waals surface area contributed by atoms with Crippen LogP contribution >= 0.6 is 0 Å². The summed E-state index contributed by atoms with van der Waals surface area (Å²) in [6, 6.07) is 9.70. The fourth-order valence-electron chi connectivity index (χ4n) is 1.69. The van der Waals surface area contributed by atoms with E-state index >= 15 is 0 Å². The Morgan fingerprint density at radius 2 is 2.00 bits per heavy atom. The standard InChI is InChI=1S/C14H11FN2O4/c15-12-3-1-10(2-4-12)9-21-14-6-5-13(17(19)20)7-11(14)8-16-18/h1-8,18H,9H2/b16-8+. The van der Waals surface area contributed by atoms with Crippen molar-refractivity contribution in [2.45, 2.75) is 6.61 Å². The van der Waals surface area contributed by atoms with Crippen molar-refractivity contribution < 1.29 is 19.3 Å². The Labute approximate surface area is 119 Å². The number of nitro groups is 1. The van der Waals surface area contributed by atoms with Crippen LogP contribution in [0, 0.1) is 15.9 Å². The number of oxime groups is 1. The van der Waals surface area contributed by atoms with Gasteiger partial charge >= 0.3 is 0 Å². The monoisotopic (exact) mass is 290 g/mol. The molecule has 0 atom stereocenters. The Hall–Kier alpha value is -2.96. The summed E-state index contributed by atoms with van der Waals surface area (Å²) < 4.78 is 18.3. The summed E-state index contributed by atoms with van der Waals surface area (Å²) in [5.74, 6) is -0.0232. The number of nitro benzene ring substituents is 1. The average Bonchev–Trinajstić information content (AvgIpc) is 2.47. The zero-order chi connectivity index (χ0) is 15.2. The molecule has 2 aromatic carbocycles. The van der Waals surface area contributed by atoms with E-state index in [4.69, 9.17) is 9.94 Å². The predicted molar refractivity (Wildman–Crippen MR) is 73.2 cm³/mol. The lowest BCUT2D eigenvalue weighted by Gasteiger charge is -2.08. The maximum Gasteiger partial charge on any atom is 0.270 e. The van der Waals surface area contributed by atoms with Crippen LogP contribution in [-0.4, -0.2) is 16.3 Å².